The quantitative estimate of drug-likeness (QED) is 0.731. The lowest BCUT2D eigenvalue weighted by atomic mass is 9.87. The molecule has 6 heteroatoms. The molecule has 1 aliphatic carbocycles. The molecule has 0 aromatic heterocycles. The van der Waals surface area contributed by atoms with Crippen LogP contribution >= 0.6 is 0 Å². The Labute approximate surface area is 149 Å². The highest BCUT2D eigenvalue weighted by molar-refractivity contribution is 6.02. The van der Waals surface area contributed by atoms with Gasteiger partial charge in [-0.25, -0.2) is 4.39 Å². The topological polar surface area (TPSA) is 70.4 Å². The standard InChI is InChI=1S/C19H29FN4O/c1-12-3-5-14(6-4-12)23-19(25)15-9-16(21)17(22-2)10-18(15)24-8-7-13(20)11-24/h9-10,12-14,22H,3-8,11,21H2,1-2H3,(H,23,25)/t12-,13-,14-/m0/s1. The van der Waals surface area contributed by atoms with E-state index in [1.807, 2.05) is 11.0 Å². The van der Waals surface area contributed by atoms with Crippen LogP contribution in [0.15, 0.2) is 12.1 Å². The van der Waals surface area contributed by atoms with Crippen molar-refractivity contribution >= 4 is 23.0 Å². The number of amides is 1. The number of halogens is 1. The molecule has 1 atom stereocenters. The molecule has 1 amide bonds. The Bertz CT molecular complexity index is 628. The van der Waals surface area contributed by atoms with Crippen LogP contribution in [0.5, 0.6) is 0 Å². The average Bonchev–Trinajstić information content (AvgIpc) is 3.03. The Hall–Kier alpha value is -1.98. The van der Waals surface area contributed by atoms with Gasteiger partial charge in [-0.2, -0.15) is 0 Å². The maximum Gasteiger partial charge on any atom is 0.253 e. The largest absolute Gasteiger partial charge is 0.397 e. The lowest BCUT2D eigenvalue weighted by Gasteiger charge is -2.28. The molecule has 1 saturated carbocycles. The number of hydrogen-bond donors (Lipinski definition) is 3. The van der Waals surface area contributed by atoms with Crippen LogP contribution in [0.2, 0.25) is 0 Å². The van der Waals surface area contributed by atoms with E-state index in [1.165, 1.54) is 0 Å². The van der Waals surface area contributed by atoms with Crippen molar-refractivity contribution < 1.29 is 9.18 Å². The molecule has 1 aromatic carbocycles. The van der Waals surface area contributed by atoms with E-state index in [0.717, 1.165) is 43.0 Å². The molecule has 2 aliphatic rings. The molecular formula is C19H29FN4O. The Morgan fingerprint density at radius 1 is 1.24 bits per heavy atom. The van der Waals surface area contributed by atoms with Gasteiger partial charge in [-0.05, 0) is 50.2 Å². The van der Waals surface area contributed by atoms with Gasteiger partial charge in [-0.3, -0.25) is 4.79 Å². The summed E-state index contributed by atoms with van der Waals surface area (Å²) in [7, 11) is 1.79. The number of nitrogens with zero attached hydrogens (tertiary/aromatic N) is 1. The SMILES string of the molecule is CNc1cc(N2CC[C@H](F)C2)c(C(=O)N[C@H]2CC[C@H](C)CC2)cc1N. The maximum atomic E-state index is 13.7. The number of benzene rings is 1. The number of carbonyl (C=O) groups excluding carboxylic acids is 1. The molecule has 1 aliphatic heterocycles. The third-order valence-corrected chi connectivity index (χ3v) is 5.50. The fourth-order valence-corrected chi connectivity index (χ4v) is 3.87. The first-order valence-electron chi connectivity index (χ1n) is 9.29. The number of nitrogens with two attached hydrogens (primary N) is 1. The predicted molar refractivity (Wildman–Crippen MR) is 101 cm³/mol. The Morgan fingerprint density at radius 3 is 2.56 bits per heavy atom. The van der Waals surface area contributed by atoms with Crippen molar-refractivity contribution in [3.05, 3.63) is 17.7 Å². The van der Waals surface area contributed by atoms with Crippen molar-refractivity contribution in [1.82, 2.24) is 5.32 Å². The molecular weight excluding hydrogens is 319 g/mol. The van der Waals surface area contributed by atoms with Crippen LogP contribution in [-0.4, -0.2) is 38.3 Å². The average molecular weight is 348 g/mol. The second kappa shape index (κ2) is 7.50. The number of nitrogen functional groups attached to an aromatic ring is 1. The van der Waals surface area contributed by atoms with Crippen molar-refractivity contribution in [2.45, 2.75) is 51.2 Å². The zero-order valence-electron chi connectivity index (χ0n) is 15.1. The fraction of sp³-hybridized carbons (Fsp3) is 0.632. The van der Waals surface area contributed by atoms with Gasteiger partial charge in [0.15, 0.2) is 0 Å². The molecule has 0 spiro atoms. The van der Waals surface area contributed by atoms with E-state index in [0.29, 0.717) is 30.8 Å². The van der Waals surface area contributed by atoms with E-state index in [4.69, 9.17) is 5.73 Å². The van der Waals surface area contributed by atoms with Crippen LogP contribution in [0.25, 0.3) is 0 Å². The van der Waals surface area contributed by atoms with Gasteiger partial charge in [0.05, 0.1) is 22.6 Å². The summed E-state index contributed by atoms with van der Waals surface area (Å²) >= 11 is 0. The van der Waals surface area contributed by atoms with E-state index in [9.17, 15) is 9.18 Å². The first-order chi connectivity index (χ1) is 12.0. The van der Waals surface area contributed by atoms with E-state index in [-0.39, 0.29) is 11.9 Å². The molecule has 1 aromatic rings. The third-order valence-electron chi connectivity index (χ3n) is 5.50. The summed E-state index contributed by atoms with van der Waals surface area (Å²) < 4.78 is 13.7. The lowest BCUT2D eigenvalue weighted by molar-refractivity contribution is 0.0923. The van der Waals surface area contributed by atoms with Gasteiger partial charge in [0.1, 0.15) is 6.17 Å². The van der Waals surface area contributed by atoms with Crippen LogP contribution in [0.3, 0.4) is 0 Å². The first-order valence-corrected chi connectivity index (χ1v) is 9.29. The number of rotatable bonds is 4. The number of nitrogens with one attached hydrogen (secondary N) is 2. The second-order valence-electron chi connectivity index (χ2n) is 7.47. The molecule has 1 heterocycles. The number of alkyl halides is 1. The molecule has 0 bridgehead atoms. The summed E-state index contributed by atoms with van der Waals surface area (Å²) in [5, 5.41) is 6.21. The molecule has 0 unspecified atom stereocenters. The van der Waals surface area contributed by atoms with Crippen molar-refractivity contribution in [3.8, 4) is 0 Å². The number of carbonyl (C=O) groups is 1. The van der Waals surface area contributed by atoms with Gasteiger partial charge in [-0.1, -0.05) is 6.92 Å². The summed E-state index contributed by atoms with van der Waals surface area (Å²) in [6.07, 6.45) is 3.99. The minimum absolute atomic E-state index is 0.105. The predicted octanol–water partition coefficient (Wildman–Crippen LogP) is 3.17. The van der Waals surface area contributed by atoms with Gasteiger partial charge in [0, 0.05) is 26.2 Å². The van der Waals surface area contributed by atoms with Crippen LogP contribution in [-0.2, 0) is 0 Å². The summed E-state index contributed by atoms with van der Waals surface area (Å²) in [4.78, 5) is 14.8. The summed E-state index contributed by atoms with van der Waals surface area (Å²) in [5.74, 6) is 0.631. The van der Waals surface area contributed by atoms with Crippen molar-refractivity contribution in [1.29, 1.82) is 0 Å². The maximum absolute atomic E-state index is 13.7. The summed E-state index contributed by atoms with van der Waals surface area (Å²) in [6, 6.07) is 3.80. The van der Waals surface area contributed by atoms with Crippen LogP contribution in [0.1, 0.15) is 49.4 Å². The van der Waals surface area contributed by atoms with Gasteiger partial charge < -0.3 is 21.3 Å². The summed E-state index contributed by atoms with van der Waals surface area (Å²) in [5.41, 5.74) is 8.69. The third kappa shape index (κ3) is 3.99. The Kier molecular flexibility index (Phi) is 5.35. The highest BCUT2D eigenvalue weighted by atomic mass is 19.1. The van der Waals surface area contributed by atoms with Crippen molar-refractivity contribution in [2.75, 3.05) is 36.1 Å². The molecule has 5 nitrogen and oxygen atoms in total. The summed E-state index contributed by atoms with van der Waals surface area (Å²) in [6.45, 7) is 3.21. The van der Waals surface area contributed by atoms with E-state index < -0.39 is 6.17 Å². The van der Waals surface area contributed by atoms with E-state index in [1.54, 1.807) is 13.1 Å². The molecule has 25 heavy (non-hydrogen) atoms. The molecule has 1 saturated heterocycles. The van der Waals surface area contributed by atoms with E-state index >= 15 is 0 Å². The zero-order chi connectivity index (χ0) is 18.0. The van der Waals surface area contributed by atoms with Gasteiger partial charge in [0.2, 0.25) is 0 Å². The van der Waals surface area contributed by atoms with Crippen LogP contribution < -0.4 is 21.3 Å². The van der Waals surface area contributed by atoms with Gasteiger partial charge in [0.25, 0.3) is 5.91 Å². The van der Waals surface area contributed by atoms with Crippen molar-refractivity contribution in [3.63, 3.8) is 0 Å². The van der Waals surface area contributed by atoms with Crippen LogP contribution in [0.4, 0.5) is 21.5 Å². The molecule has 0 radical (unpaired) electrons. The molecule has 3 rings (SSSR count). The monoisotopic (exact) mass is 348 g/mol. The zero-order valence-corrected chi connectivity index (χ0v) is 15.1. The Balaban J connectivity index is 1.83. The molecule has 2 fully saturated rings. The van der Waals surface area contributed by atoms with Crippen molar-refractivity contribution in [2.24, 2.45) is 5.92 Å². The minimum atomic E-state index is -0.841. The normalized spacial score (nSPS) is 26.5. The highest BCUT2D eigenvalue weighted by Crippen LogP contribution is 2.33. The van der Waals surface area contributed by atoms with Gasteiger partial charge in [-0.15, -0.1) is 0 Å². The Morgan fingerprint density at radius 2 is 1.96 bits per heavy atom. The van der Waals surface area contributed by atoms with Gasteiger partial charge >= 0.3 is 0 Å². The first kappa shape index (κ1) is 17.8. The minimum Gasteiger partial charge on any atom is -0.397 e. The smallest absolute Gasteiger partial charge is 0.253 e. The molecule has 4 N–H and O–H groups in total. The van der Waals surface area contributed by atoms with Crippen LogP contribution in [0, 0.1) is 5.92 Å². The number of hydrogen-bond acceptors (Lipinski definition) is 4. The highest BCUT2D eigenvalue weighted by Gasteiger charge is 2.28. The number of anilines is 3. The second-order valence-corrected chi connectivity index (χ2v) is 7.47. The molecule has 138 valence electrons. The van der Waals surface area contributed by atoms with E-state index in [2.05, 4.69) is 17.6 Å². The fourth-order valence-electron chi connectivity index (χ4n) is 3.87. The lowest BCUT2D eigenvalue weighted by Crippen LogP contribution is -2.38.